The molecule has 0 N–H and O–H groups in total. The first-order valence-corrected chi connectivity index (χ1v) is 15.1. The predicted octanol–water partition coefficient (Wildman–Crippen LogP) is 6.78. The zero-order valence-corrected chi connectivity index (χ0v) is 23.7. The molecule has 0 heterocycles. The second-order valence-corrected chi connectivity index (χ2v) is 14.6. The topological polar surface area (TPSA) is 29.5 Å². The molecule has 0 aliphatic carbocycles. The van der Waals surface area contributed by atoms with Crippen molar-refractivity contribution < 1.29 is 9.53 Å². The Kier molecular flexibility index (Phi) is 9.56. The Balaban J connectivity index is 1.80. The molecule has 3 nitrogen and oxygen atoms in total. The number of hydrogen-bond donors (Lipinski definition) is 0. The fourth-order valence-corrected chi connectivity index (χ4v) is 9.26. The summed E-state index contributed by atoms with van der Waals surface area (Å²) in [5.74, 6) is 0. The van der Waals surface area contributed by atoms with Crippen molar-refractivity contribution in [2.75, 3.05) is 13.2 Å². The average molecular weight is 588 g/mol. The third-order valence-electron chi connectivity index (χ3n) is 5.88. The van der Waals surface area contributed by atoms with Crippen LogP contribution in [0.25, 0.3) is 0 Å². The van der Waals surface area contributed by atoms with Gasteiger partial charge in [-0.15, -0.1) is 0 Å². The average Bonchev–Trinajstić information content (AvgIpc) is 2.84. The normalized spacial score (nSPS) is 12.7. The van der Waals surface area contributed by atoms with Gasteiger partial charge in [0.15, 0.2) is 0 Å². The summed E-state index contributed by atoms with van der Waals surface area (Å²) in [7, 11) is 0.0422. The molecule has 0 fully saturated rings. The van der Waals surface area contributed by atoms with Gasteiger partial charge in [-0.25, -0.2) is 4.79 Å². The van der Waals surface area contributed by atoms with Crippen molar-refractivity contribution >= 4 is 51.9 Å². The number of nitrogens with zero attached hydrogens (tertiary/aromatic N) is 1. The molecule has 5 heteroatoms. The van der Waals surface area contributed by atoms with Gasteiger partial charge < -0.3 is 4.74 Å². The van der Waals surface area contributed by atoms with Gasteiger partial charge in [-0.1, -0.05) is 77.2 Å². The van der Waals surface area contributed by atoms with Gasteiger partial charge in [0.05, 0.1) is 10.2 Å². The maximum Gasteiger partial charge on any atom is 0.410 e. The summed E-state index contributed by atoms with van der Waals surface area (Å²) >= 11 is 2.36. The molecule has 180 valence electrons. The van der Waals surface area contributed by atoms with Crippen molar-refractivity contribution in [3.8, 4) is 0 Å². The molecular formula is C29H36INO2P+. The van der Waals surface area contributed by atoms with Crippen LogP contribution in [0.15, 0.2) is 91.0 Å². The fourth-order valence-electron chi connectivity index (χ4n) is 4.19. The number of unbranched alkanes of at least 4 members (excludes halogenated alkanes) is 1. The highest BCUT2D eigenvalue weighted by atomic mass is 127. The van der Waals surface area contributed by atoms with Crippen LogP contribution >= 0.6 is 29.9 Å². The lowest BCUT2D eigenvalue weighted by molar-refractivity contribution is 0.0284. The third kappa shape index (κ3) is 6.82. The summed E-state index contributed by atoms with van der Waals surface area (Å²) < 4.78 is 5.64. The monoisotopic (exact) mass is 588 g/mol. The van der Waals surface area contributed by atoms with E-state index in [1.165, 1.54) is 15.9 Å². The summed E-state index contributed by atoms with van der Waals surface area (Å²) in [4.78, 5) is 14.2. The summed E-state index contributed by atoms with van der Waals surface area (Å²) in [6.45, 7) is 5.71. The Bertz CT molecular complexity index is 926. The highest BCUT2D eigenvalue weighted by Crippen LogP contribution is 2.56. The first kappa shape index (κ1) is 26.7. The lowest BCUT2D eigenvalue weighted by Gasteiger charge is -2.29. The smallest absolute Gasteiger partial charge is 0.410 e. The Morgan fingerprint density at radius 3 is 1.62 bits per heavy atom. The number of halogens is 1. The maximum absolute atomic E-state index is 12.5. The van der Waals surface area contributed by atoms with Crippen LogP contribution in [0.3, 0.4) is 0 Å². The van der Waals surface area contributed by atoms with Gasteiger partial charge >= 0.3 is 6.09 Å². The number of carbonyl (C=O) groups is 1. The first-order valence-electron chi connectivity index (χ1n) is 11.9. The summed E-state index contributed by atoms with van der Waals surface area (Å²) in [6.07, 6.45) is 3.93. The van der Waals surface area contributed by atoms with E-state index in [0.29, 0.717) is 0 Å². The van der Waals surface area contributed by atoms with Crippen LogP contribution in [-0.4, -0.2) is 33.9 Å². The highest BCUT2D eigenvalue weighted by Gasteiger charge is 2.44. The van der Waals surface area contributed by atoms with Crippen molar-refractivity contribution in [2.24, 2.45) is 0 Å². The van der Waals surface area contributed by atoms with Gasteiger partial charge in [-0.05, 0) is 76.4 Å². The zero-order valence-electron chi connectivity index (χ0n) is 20.7. The molecule has 1 atom stereocenters. The lowest BCUT2D eigenvalue weighted by atomic mass is 10.2. The van der Waals surface area contributed by atoms with Crippen LogP contribution in [0, 0.1) is 0 Å². The number of amides is 1. The zero-order chi connectivity index (χ0) is 24.6. The minimum atomic E-state index is -1.79. The molecule has 0 saturated heterocycles. The third-order valence-corrected chi connectivity index (χ3v) is 11.9. The van der Waals surface area contributed by atoms with E-state index in [4.69, 9.17) is 4.74 Å². The van der Waals surface area contributed by atoms with Gasteiger partial charge in [0.2, 0.25) is 0 Å². The molecule has 0 bridgehead atoms. The lowest BCUT2D eigenvalue weighted by Crippen LogP contribution is -2.38. The predicted molar refractivity (Wildman–Crippen MR) is 156 cm³/mol. The van der Waals surface area contributed by atoms with Crippen molar-refractivity contribution in [3.05, 3.63) is 91.0 Å². The van der Waals surface area contributed by atoms with Crippen molar-refractivity contribution in [1.82, 2.24) is 4.90 Å². The molecule has 1 amide bonds. The number of alkyl halides is 1. The number of ether oxygens (including phenoxy) is 1. The van der Waals surface area contributed by atoms with E-state index in [2.05, 4.69) is 114 Å². The van der Waals surface area contributed by atoms with E-state index < -0.39 is 12.9 Å². The van der Waals surface area contributed by atoms with Crippen molar-refractivity contribution in [2.45, 2.75) is 49.7 Å². The number of benzene rings is 3. The van der Waals surface area contributed by atoms with E-state index in [1.54, 1.807) is 4.90 Å². The quantitative estimate of drug-likeness (QED) is 0.0908. The minimum Gasteiger partial charge on any atom is -0.444 e. The van der Waals surface area contributed by atoms with E-state index in [1.807, 2.05) is 27.8 Å². The van der Waals surface area contributed by atoms with Gasteiger partial charge in [0, 0.05) is 7.05 Å². The molecule has 0 aliphatic heterocycles. The van der Waals surface area contributed by atoms with Crippen LogP contribution < -0.4 is 15.9 Å². The van der Waals surface area contributed by atoms with Gasteiger partial charge in [0.1, 0.15) is 28.8 Å². The molecule has 1 unspecified atom stereocenters. The Labute approximate surface area is 219 Å². The molecule has 3 rings (SSSR count). The van der Waals surface area contributed by atoms with Crippen LogP contribution in [0.5, 0.6) is 0 Å². The second-order valence-electron chi connectivity index (χ2n) is 9.56. The molecule has 0 aliphatic rings. The van der Waals surface area contributed by atoms with E-state index in [-0.39, 0.29) is 10.1 Å². The van der Waals surface area contributed by atoms with Crippen LogP contribution in [0.4, 0.5) is 4.79 Å². The fraction of sp³-hybridized carbons (Fsp3) is 0.345. The SMILES string of the molecule is CN(C(=O)OC(C)(C)C)C(I)CCCC[P+](c1ccccc1)(c1ccccc1)c1ccccc1. The van der Waals surface area contributed by atoms with Crippen LogP contribution in [-0.2, 0) is 4.74 Å². The molecule has 34 heavy (non-hydrogen) atoms. The number of rotatable bonds is 9. The Morgan fingerprint density at radius 2 is 1.24 bits per heavy atom. The van der Waals surface area contributed by atoms with Crippen molar-refractivity contribution in [3.63, 3.8) is 0 Å². The standard InChI is InChI=1S/C29H36INO2P/c1-29(2,3)33-28(32)31(4)27(30)22-14-15-23-34(24-16-8-5-9-17-24,25-18-10-6-11-19-25)26-20-12-7-13-21-26/h5-13,16-21,27H,14-15,22-23H2,1-4H3/q+1. The van der Waals surface area contributed by atoms with Gasteiger partial charge in [0.25, 0.3) is 0 Å². The molecular weight excluding hydrogens is 552 g/mol. The Morgan fingerprint density at radius 1 is 0.824 bits per heavy atom. The van der Waals surface area contributed by atoms with Gasteiger partial charge in [-0.3, -0.25) is 4.90 Å². The van der Waals surface area contributed by atoms with Crippen LogP contribution in [0.2, 0.25) is 0 Å². The minimum absolute atomic E-state index is 0.102. The summed E-state index contributed by atoms with van der Waals surface area (Å²) in [5.41, 5.74) is -0.479. The van der Waals surface area contributed by atoms with E-state index >= 15 is 0 Å². The summed E-state index contributed by atoms with van der Waals surface area (Å²) in [5, 5.41) is 4.26. The second kappa shape index (κ2) is 12.2. The molecule has 0 saturated carbocycles. The molecule has 3 aromatic carbocycles. The van der Waals surface area contributed by atoms with E-state index in [0.717, 1.165) is 25.4 Å². The van der Waals surface area contributed by atoms with E-state index in [9.17, 15) is 4.79 Å². The van der Waals surface area contributed by atoms with Gasteiger partial charge in [-0.2, -0.15) is 0 Å². The molecule has 0 spiro atoms. The number of hydrogen-bond acceptors (Lipinski definition) is 2. The highest BCUT2D eigenvalue weighted by molar-refractivity contribution is 14.1. The summed E-state index contributed by atoms with van der Waals surface area (Å²) in [6, 6.07) is 33.0. The molecule has 0 aromatic heterocycles. The van der Waals surface area contributed by atoms with Crippen LogP contribution in [0.1, 0.15) is 40.0 Å². The first-order chi connectivity index (χ1) is 16.2. The molecule has 3 aromatic rings. The maximum atomic E-state index is 12.5. The molecule has 0 radical (unpaired) electrons. The van der Waals surface area contributed by atoms with Crippen molar-refractivity contribution in [1.29, 1.82) is 0 Å². The number of carbonyl (C=O) groups excluding carboxylic acids is 1. The largest absolute Gasteiger partial charge is 0.444 e. The Hall–Kier alpha value is -1.91.